The average molecular weight is 746 g/mol. The molecule has 2 aliphatic heterocycles. The van der Waals surface area contributed by atoms with Gasteiger partial charge in [-0.3, -0.25) is 0 Å². The Morgan fingerprint density at radius 2 is 1.56 bits per heavy atom. The van der Waals surface area contributed by atoms with Gasteiger partial charge in [-0.1, -0.05) is 48.0 Å². The molecule has 0 radical (unpaired) electrons. The third kappa shape index (κ3) is 8.04. The van der Waals surface area contributed by atoms with Crippen LogP contribution in [0.15, 0.2) is 88.1 Å². The first kappa shape index (κ1) is 38.6. The predicted molar refractivity (Wildman–Crippen MR) is 214 cm³/mol. The molecule has 0 saturated carbocycles. The zero-order valence-electron chi connectivity index (χ0n) is 30.7. The summed E-state index contributed by atoms with van der Waals surface area (Å²) in [5.41, 5.74) is 6.54. The standard InChI is InChI=1S/C23H22O6.C19H23ClN2.ClH/c1-23(2)11-10-15-16(29-23)12-17-19(20(15)26-4)21(27-5)18(22(24)28-17)13-6-8-14(25-3)9-7-13;1-21(2)12-5-13-22-18-7-4-3-6-15(18)8-9-16-10-11-17(20)14-19(16)22;/h6-12H,1-5H3;3-4,6-7,10-11,14H,5,8-9,12-13H2,1-2H3;1H. The maximum Gasteiger partial charge on any atom is 0.347 e. The molecule has 4 aromatic carbocycles. The van der Waals surface area contributed by atoms with Crippen molar-refractivity contribution >= 4 is 52.4 Å². The molecule has 0 aliphatic carbocycles. The highest BCUT2D eigenvalue weighted by atomic mass is 35.5. The third-order valence-electron chi connectivity index (χ3n) is 9.19. The minimum absolute atomic E-state index is 0. The fraction of sp³-hybridized carbons (Fsp3) is 0.310. The van der Waals surface area contributed by atoms with Gasteiger partial charge in [0.2, 0.25) is 0 Å². The van der Waals surface area contributed by atoms with E-state index in [0.29, 0.717) is 45.1 Å². The third-order valence-corrected chi connectivity index (χ3v) is 9.42. The van der Waals surface area contributed by atoms with Crippen LogP contribution < -0.4 is 29.5 Å². The summed E-state index contributed by atoms with van der Waals surface area (Å²) in [4.78, 5) is 17.6. The van der Waals surface area contributed by atoms with E-state index >= 15 is 0 Å². The Morgan fingerprint density at radius 3 is 2.23 bits per heavy atom. The fourth-order valence-electron chi connectivity index (χ4n) is 6.73. The van der Waals surface area contributed by atoms with E-state index < -0.39 is 11.2 Å². The Labute approximate surface area is 316 Å². The molecule has 3 heterocycles. The number of anilines is 2. The van der Waals surface area contributed by atoms with Crippen molar-refractivity contribution in [2.24, 2.45) is 0 Å². The molecule has 0 atom stereocenters. The summed E-state index contributed by atoms with van der Waals surface area (Å²) in [5, 5.41) is 1.39. The molecule has 0 fully saturated rings. The lowest BCUT2D eigenvalue weighted by molar-refractivity contribution is 0.158. The largest absolute Gasteiger partial charge is 0.497 e. The van der Waals surface area contributed by atoms with E-state index in [-0.39, 0.29) is 12.4 Å². The monoisotopic (exact) mass is 744 g/mol. The second-order valence-electron chi connectivity index (χ2n) is 13.5. The molecule has 0 N–H and O–H groups in total. The maximum absolute atomic E-state index is 12.9. The lowest BCUT2D eigenvalue weighted by atomic mass is 9.98. The molecule has 52 heavy (non-hydrogen) atoms. The first-order valence-corrected chi connectivity index (χ1v) is 17.5. The van der Waals surface area contributed by atoms with Crippen molar-refractivity contribution in [1.29, 1.82) is 0 Å². The van der Waals surface area contributed by atoms with Gasteiger partial charge in [0, 0.05) is 29.0 Å². The Hall–Kier alpha value is -4.63. The number of halogens is 2. The SMILES string of the molecule is CN(C)CCCN1c2ccccc2CCc2ccc(Cl)cc21.COc1ccc(-c2c(OC)c3c(OC)c4c(cc3oc2=O)OC(C)(C)C=C4)cc1.Cl. The van der Waals surface area contributed by atoms with Gasteiger partial charge in [-0.05, 0) is 113 Å². The number of benzene rings is 4. The lowest BCUT2D eigenvalue weighted by Crippen LogP contribution is -2.27. The number of para-hydroxylation sites is 1. The fourth-order valence-corrected chi connectivity index (χ4v) is 6.89. The zero-order chi connectivity index (χ0) is 36.3. The topological polar surface area (TPSA) is 73.6 Å². The average Bonchev–Trinajstić information content (AvgIpc) is 3.26. The number of rotatable bonds is 8. The zero-order valence-corrected chi connectivity index (χ0v) is 32.3. The van der Waals surface area contributed by atoms with Crippen molar-refractivity contribution in [3.8, 4) is 34.1 Å². The molecule has 0 unspecified atom stereocenters. The van der Waals surface area contributed by atoms with Crippen LogP contribution in [0.3, 0.4) is 0 Å². The Bertz CT molecular complexity index is 2120. The molecule has 2 aliphatic rings. The van der Waals surface area contributed by atoms with Gasteiger partial charge in [-0.25, -0.2) is 4.79 Å². The van der Waals surface area contributed by atoms with Crippen LogP contribution in [-0.4, -0.2) is 59.0 Å². The van der Waals surface area contributed by atoms with Gasteiger partial charge < -0.3 is 33.2 Å². The van der Waals surface area contributed by atoms with Crippen LogP contribution >= 0.6 is 24.0 Å². The van der Waals surface area contributed by atoms with Crippen LogP contribution in [0.2, 0.25) is 5.02 Å². The molecule has 0 bridgehead atoms. The van der Waals surface area contributed by atoms with Gasteiger partial charge in [0.05, 0.1) is 26.9 Å². The summed E-state index contributed by atoms with van der Waals surface area (Å²) in [6, 6.07) is 23.9. The molecule has 0 spiro atoms. The summed E-state index contributed by atoms with van der Waals surface area (Å²) < 4.78 is 28.3. The van der Waals surface area contributed by atoms with Crippen molar-refractivity contribution in [2.75, 3.05) is 53.4 Å². The highest BCUT2D eigenvalue weighted by molar-refractivity contribution is 6.30. The second-order valence-corrected chi connectivity index (χ2v) is 13.9. The number of fused-ring (bicyclic) bond motifs is 4. The second kappa shape index (κ2) is 16.4. The normalized spacial score (nSPS) is 13.8. The van der Waals surface area contributed by atoms with Crippen molar-refractivity contribution in [1.82, 2.24) is 4.90 Å². The summed E-state index contributed by atoms with van der Waals surface area (Å²) >= 11 is 6.27. The molecule has 5 aromatic rings. The highest BCUT2D eigenvalue weighted by Gasteiger charge is 2.29. The molecule has 7 rings (SSSR count). The van der Waals surface area contributed by atoms with Crippen molar-refractivity contribution in [3.05, 3.63) is 111 Å². The first-order chi connectivity index (χ1) is 24.5. The van der Waals surface area contributed by atoms with Crippen LogP contribution in [0.25, 0.3) is 28.2 Å². The number of hydrogen-bond acceptors (Lipinski definition) is 8. The van der Waals surface area contributed by atoms with Crippen LogP contribution in [-0.2, 0) is 12.8 Å². The van der Waals surface area contributed by atoms with Gasteiger partial charge in [0.15, 0.2) is 0 Å². The number of ether oxygens (including phenoxy) is 4. The first-order valence-electron chi connectivity index (χ1n) is 17.1. The van der Waals surface area contributed by atoms with E-state index in [2.05, 4.69) is 60.3 Å². The van der Waals surface area contributed by atoms with Gasteiger partial charge in [0.25, 0.3) is 0 Å². The van der Waals surface area contributed by atoms with Crippen molar-refractivity contribution in [3.63, 3.8) is 0 Å². The highest BCUT2D eigenvalue weighted by Crippen LogP contribution is 2.47. The summed E-state index contributed by atoms with van der Waals surface area (Å²) in [6.07, 6.45) is 7.21. The van der Waals surface area contributed by atoms with Gasteiger partial charge >= 0.3 is 5.63 Å². The van der Waals surface area contributed by atoms with Crippen LogP contribution in [0.1, 0.15) is 37.0 Å². The van der Waals surface area contributed by atoms with Crippen molar-refractivity contribution in [2.45, 2.75) is 38.7 Å². The molecule has 10 heteroatoms. The van der Waals surface area contributed by atoms with E-state index in [1.807, 2.05) is 32.1 Å². The smallest absolute Gasteiger partial charge is 0.347 e. The Balaban J connectivity index is 0.000000205. The lowest BCUT2D eigenvalue weighted by Gasteiger charge is -2.29. The molecule has 274 valence electrons. The predicted octanol–water partition coefficient (Wildman–Crippen LogP) is 9.62. The molecule has 0 saturated heterocycles. The number of methoxy groups -OCH3 is 3. The minimum Gasteiger partial charge on any atom is -0.497 e. The van der Waals surface area contributed by atoms with Gasteiger partial charge in [-0.15, -0.1) is 12.4 Å². The molecule has 1 aromatic heterocycles. The van der Waals surface area contributed by atoms with Gasteiger partial charge in [-0.2, -0.15) is 0 Å². The number of nitrogens with zero attached hydrogens (tertiary/aromatic N) is 2. The van der Waals surface area contributed by atoms with E-state index in [9.17, 15) is 4.79 Å². The minimum atomic E-state index is -0.507. The number of hydrogen-bond donors (Lipinski definition) is 0. The maximum atomic E-state index is 12.9. The van der Waals surface area contributed by atoms with Crippen LogP contribution in [0, 0.1) is 0 Å². The molecule has 0 amide bonds. The molecule has 8 nitrogen and oxygen atoms in total. The summed E-state index contributed by atoms with van der Waals surface area (Å²) in [5.74, 6) is 2.19. The van der Waals surface area contributed by atoms with E-state index in [4.69, 9.17) is 35.0 Å². The van der Waals surface area contributed by atoms with E-state index in [0.717, 1.165) is 42.9 Å². The van der Waals surface area contributed by atoms with Crippen molar-refractivity contribution < 1.29 is 23.4 Å². The molecular formula is C42H46Cl2N2O6. The summed E-state index contributed by atoms with van der Waals surface area (Å²) in [6.45, 7) is 6.01. The molecular weight excluding hydrogens is 699 g/mol. The van der Waals surface area contributed by atoms with Crippen LogP contribution in [0.5, 0.6) is 23.0 Å². The quantitative estimate of drug-likeness (QED) is 0.146. The Kier molecular flexibility index (Phi) is 12.1. The summed E-state index contributed by atoms with van der Waals surface area (Å²) in [7, 11) is 8.93. The Morgan fingerprint density at radius 1 is 0.865 bits per heavy atom. The van der Waals surface area contributed by atoms with Gasteiger partial charge in [0.1, 0.15) is 45.1 Å². The van der Waals surface area contributed by atoms with E-state index in [1.165, 1.54) is 29.6 Å². The number of aryl methyl sites for hydroxylation is 2. The van der Waals surface area contributed by atoms with Crippen LogP contribution in [0.4, 0.5) is 11.4 Å². The van der Waals surface area contributed by atoms with E-state index in [1.54, 1.807) is 44.6 Å².